The molecular weight excluding hydrogens is 310 g/mol. The number of hydrogen-bond donors (Lipinski definition) is 1. The Labute approximate surface area is 142 Å². The molecule has 0 aliphatic rings. The van der Waals surface area contributed by atoms with Crippen molar-refractivity contribution >= 4 is 64.1 Å². The molecule has 0 spiro atoms. The summed E-state index contributed by atoms with van der Waals surface area (Å²) in [7, 11) is 0. The largest absolute Gasteiger partial charge is 0.354 e. The van der Waals surface area contributed by atoms with E-state index in [1.807, 2.05) is 11.3 Å². The van der Waals surface area contributed by atoms with E-state index in [2.05, 4.69) is 77.8 Å². The lowest BCUT2D eigenvalue weighted by Gasteiger charge is -2.02. The fourth-order valence-corrected chi connectivity index (χ4v) is 5.02. The normalized spacial score (nSPS) is 12.2. The SMILES string of the molecule is c1ccc2c(c1)[nH]c1cc3c(ccc4sc5ccccc5c43)cc12. The van der Waals surface area contributed by atoms with Crippen molar-refractivity contribution in [3.05, 3.63) is 72.8 Å². The second-order valence-corrected chi connectivity index (χ2v) is 7.41. The summed E-state index contributed by atoms with van der Waals surface area (Å²) < 4.78 is 2.72. The molecule has 0 aliphatic carbocycles. The van der Waals surface area contributed by atoms with Crippen LogP contribution < -0.4 is 0 Å². The zero-order valence-electron chi connectivity index (χ0n) is 12.8. The van der Waals surface area contributed by atoms with Crippen LogP contribution in [0.1, 0.15) is 0 Å². The van der Waals surface area contributed by atoms with Gasteiger partial charge in [-0.25, -0.2) is 0 Å². The topological polar surface area (TPSA) is 15.8 Å². The highest BCUT2D eigenvalue weighted by atomic mass is 32.1. The van der Waals surface area contributed by atoms with E-state index in [4.69, 9.17) is 0 Å². The molecule has 2 heterocycles. The van der Waals surface area contributed by atoms with Crippen LogP contribution in [-0.4, -0.2) is 4.98 Å². The summed E-state index contributed by atoms with van der Waals surface area (Å²) in [6, 6.07) is 26.4. The molecule has 0 radical (unpaired) electrons. The molecule has 6 aromatic rings. The Kier molecular flexibility index (Phi) is 2.29. The van der Waals surface area contributed by atoms with Gasteiger partial charge in [0.05, 0.1) is 0 Å². The van der Waals surface area contributed by atoms with Crippen molar-refractivity contribution in [1.29, 1.82) is 0 Å². The van der Waals surface area contributed by atoms with Crippen LogP contribution in [0.15, 0.2) is 72.8 Å². The smallest absolute Gasteiger partial charge is 0.0471 e. The number of H-pyrrole nitrogens is 1. The Morgan fingerprint density at radius 2 is 1.42 bits per heavy atom. The third-order valence-corrected chi connectivity index (χ3v) is 6.12. The number of nitrogens with one attached hydrogen (secondary N) is 1. The van der Waals surface area contributed by atoms with Crippen LogP contribution in [0.3, 0.4) is 0 Å². The first-order valence-corrected chi connectivity index (χ1v) is 8.94. The van der Waals surface area contributed by atoms with Crippen LogP contribution in [0, 0.1) is 0 Å². The molecule has 0 aliphatic heterocycles. The van der Waals surface area contributed by atoms with Gasteiger partial charge in [0.2, 0.25) is 0 Å². The number of hydrogen-bond acceptors (Lipinski definition) is 1. The molecule has 0 amide bonds. The Balaban J connectivity index is 1.88. The van der Waals surface area contributed by atoms with Gasteiger partial charge in [0.25, 0.3) is 0 Å². The highest BCUT2D eigenvalue weighted by Crippen LogP contribution is 2.40. The van der Waals surface area contributed by atoms with Crippen molar-refractivity contribution < 1.29 is 0 Å². The molecule has 2 aromatic heterocycles. The number of aromatic nitrogens is 1. The standard InChI is InChI=1S/C22H13NS/c1-3-7-18-14(5-1)17-11-13-9-10-21-22(16(13)12-19(17)23-18)15-6-2-4-8-20(15)24-21/h1-12,23H. The van der Waals surface area contributed by atoms with E-state index in [0.29, 0.717) is 0 Å². The first-order chi connectivity index (χ1) is 11.9. The van der Waals surface area contributed by atoms with Gasteiger partial charge >= 0.3 is 0 Å². The van der Waals surface area contributed by atoms with Crippen molar-refractivity contribution in [2.45, 2.75) is 0 Å². The Bertz CT molecular complexity index is 1400. The fraction of sp³-hybridized carbons (Fsp3) is 0. The molecule has 0 bridgehead atoms. The lowest BCUT2D eigenvalue weighted by Crippen LogP contribution is -1.76. The average Bonchev–Trinajstić information content (AvgIpc) is 3.17. The molecule has 0 unspecified atom stereocenters. The van der Waals surface area contributed by atoms with E-state index in [1.54, 1.807) is 0 Å². The Morgan fingerprint density at radius 1 is 0.583 bits per heavy atom. The fourth-order valence-electron chi connectivity index (χ4n) is 3.89. The molecular formula is C22H13NS. The number of para-hydroxylation sites is 1. The van der Waals surface area contributed by atoms with E-state index in [0.717, 1.165) is 0 Å². The minimum Gasteiger partial charge on any atom is -0.354 e. The number of benzene rings is 4. The monoisotopic (exact) mass is 323 g/mol. The molecule has 24 heavy (non-hydrogen) atoms. The quantitative estimate of drug-likeness (QED) is 0.315. The minimum absolute atomic E-state index is 1.20. The van der Waals surface area contributed by atoms with Gasteiger partial charge in [-0.1, -0.05) is 42.5 Å². The van der Waals surface area contributed by atoms with Gasteiger partial charge in [-0.05, 0) is 41.1 Å². The summed E-state index contributed by atoms with van der Waals surface area (Å²) in [5, 5.41) is 7.99. The van der Waals surface area contributed by atoms with Crippen molar-refractivity contribution in [2.75, 3.05) is 0 Å². The average molecular weight is 323 g/mol. The lowest BCUT2D eigenvalue weighted by atomic mass is 10.0. The van der Waals surface area contributed by atoms with Crippen LogP contribution in [0.4, 0.5) is 0 Å². The minimum atomic E-state index is 1.20. The first-order valence-electron chi connectivity index (χ1n) is 8.13. The first kappa shape index (κ1) is 12.6. The van der Waals surface area contributed by atoms with E-state index in [9.17, 15) is 0 Å². The molecule has 0 saturated heterocycles. The number of thiophene rings is 1. The summed E-state index contributed by atoms with van der Waals surface area (Å²) in [6.45, 7) is 0. The van der Waals surface area contributed by atoms with Crippen LogP contribution in [0.25, 0.3) is 52.8 Å². The van der Waals surface area contributed by atoms with Crippen molar-refractivity contribution in [1.82, 2.24) is 4.98 Å². The molecule has 0 saturated carbocycles. The van der Waals surface area contributed by atoms with Crippen LogP contribution in [0.2, 0.25) is 0 Å². The van der Waals surface area contributed by atoms with E-state index in [-0.39, 0.29) is 0 Å². The van der Waals surface area contributed by atoms with Gasteiger partial charge in [-0.2, -0.15) is 0 Å². The van der Waals surface area contributed by atoms with Gasteiger partial charge in [0.1, 0.15) is 0 Å². The number of aromatic amines is 1. The summed E-state index contributed by atoms with van der Waals surface area (Å²) in [6.07, 6.45) is 0. The van der Waals surface area contributed by atoms with Crippen molar-refractivity contribution in [2.24, 2.45) is 0 Å². The number of rotatable bonds is 0. The molecule has 1 nitrogen and oxygen atoms in total. The van der Waals surface area contributed by atoms with Crippen LogP contribution in [0.5, 0.6) is 0 Å². The zero-order valence-corrected chi connectivity index (χ0v) is 13.7. The Morgan fingerprint density at radius 3 is 2.38 bits per heavy atom. The second kappa shape index (κ2) is 4.37. The summed E-state index contributed by atoms with van der Waals surface area (Å²) in [4.78, 5) is 3.58. The Hall–Kier alpha value is -2.84. The predicted molar refractivity (Wildman–Crippen MR) is 106 cm³/mol. The summed E-state index contributed by atoms with van der Waals surface area (Å²) in [5.41, 5.74) is 2.42. The van der Waals surface area contributed by atoms with E-state index in [1.165, 1.54) is 52.8 Å². The van der Waals surface area contributed by atoms with Gasteiger partial charge in [-0.15, -0.1) is 11.3 Å². The molecule has 112 valence electrons. The van der Waals surface area contributed by atoms with Gasteiger partial charge in [0, 0.05) is 42.0 Å². The van der Waals surface area contributed by atoms with Gasteiger partial charge < -0.3 is 4.98 Å². The number of fused-ring (bicyclic) bond motifs is 8. The third-order valence-electron chi connectivity index (χ3n) is 4.98. The second-order valence-electron chi connectivity index (χ2n) is 6.33. The van der Waals surface area contributed by atoms with E-state index >= 15 is 0 Å². The molecule has 2 heteroatoms. The van der Waals surface area contributed by atoms with Crippen molar-refractivity contribution in [3.63, 3.8) is 0 Å². The lowest BCUT2D eigenvalue weighted by molar-refractivity contribution is 1.56. The maximum absolute atomic E-state index is 3.58. The molecule has 1 N–H and O–H groups in total. The van der Waals surface area contributed by atoms with E-state index < -0.39 is 0 Å². The maximum Gasteiger partial charge on any atom is 0.0471 e. The zero-order chi connectivity index (χ0) is 15.7. The van der Waals surface area contributed by atoms with Crippen LogP contribution >= 0.6 is 11.3 Å². The summed E-state index contributed by atoms with van der Waals surface area (Å²) >= 11 is 1.88. The van der Waals surface area contributed by atoms with Crippen LogP contribution in [-0.2, 0) is 0 Å². The molecule has 0 fully saturated rings. The predicted octanol–water partition coefficient (Wildman–Crippen LogP) is 6.84. The highest BCUT2D eigenvalue weighted by Gasteiger charge is 2.11. The molecule has 4 aromatic carbocycles. The van der Waals surface area contributed by atoms with Gasteiger partial charge in [-0.3, -0.25) is 0 Å². The van der Waals surface area contributed by atoms with Crippen molar-refractivity contribution in [3.8, 4) is 0 Å². The molecule has 6 rings (SSSR count). The highest BCUT2D eigenvalue weighted by molar-refractivity contribution is 7.26. The summed E-state index contributed by atoms with van der Waals surface area (Å²) in [5.74, 6) is 0. The molecule has 0 atom stereocenters. The van der Waals surface area contributed by atoms with Gasteiger partial charge in [0.15, 0.2) is 0 Å². The third kappa shape index (κ3) is 1.53. The maximum atomic E-state index is 3.58.